The zero-order valence-electron chi connectivity index (χ0n) is 14.8. The summed E-state index contributed by atoms with van der Waals surface area (Å²) in [6, 6.07) is 14.1. The van der Waals surface area contributed by atoms with Crippen molar-refractivity contribution < 1.29 is 23.5 Å². The smallest absolute Gasteiger partial charge is 0.308 e. The van der Waals surface area contributed by atoms with Crippen molar-refractivity contribution in [3.63, 3.8) is 0 Å². The summed E-state index contributed by atoms with van der Waals surface area (Å²) in [7, 11) is 0. The van der Waals surface area contributed by atoms with Crippen LogP contribution >= 0.6 is 0 Å². The number of rotatable bonds is 8. The van der Waals surface area contributed by atoms with Gasteiger partial charge in [0.05, 0.1) is 18.6 Å². The van der Waals surface area contributed by atoms with Gasteiger partial charge < -0.3 is 14.8 Å². The number of carbonyl (C=O) groups is 2. The van der Waals surface area contributed by atoms with Crippen molar-refractivity contribution in [2.45, 2.75) is 32.4 Å². The first-order valence-corrected chi connectivity index (χ1v) is 8.36. The molecule has 0 fully saturated rings. The van der Waals surface area contributed by atoms with E-state index in [4.69, 9.17) is 9.47 Å². The minimum Gasteiger partial charge on any atom is -0.484 e. The Kier molecular flexibility index (Phi) is 7.14. The number of ether oxygens (including phenoxy) is 2. The molecule has 2 rings (SSSR count). The van der Waals surface area contributed by atoms with E-state index in [0.29, 0.717) is 0 Å². The van der Waals surface area contributed by atoms with E-state index in [1.54, 1.807) is 19.9 Å². The van der Waals surface area contributed by atoms with Crippen molar-refractivity contribution in [1.29, 1.82) is 0 Å². The highest BCUT2D eigenvalue weighted by Gasteiger charge is 2.20. The zero-order chi connectivity index (χ0) is 18.9. The second-order valence-corrected chi connectivity index (χ2v) is 6.02. The van der Waals surface area contributed by atoms with Crippen LogP contribution in [0.3, 0.4) is 0 Å². The first kappa shape index (κ1) is 19.4. The molecule has 2 aromatic rings. The second-order valence-electron chi connectivity index (χ2n) is 6.02. The van der Waals surface area contributed by atoms with Crippen LogP contribution in [0.2, 0.25) is 0 Å². The molecule has 0 bridgehead atoms. The van der Waals surface area contributed by atoms with Crippen LogP contribution in [0.5, 0.6) is 5.75 Å². The fourth-order valence-corrected chi connectivity index (χ4v) is 2.36. The van der Waals surface area contributed by atoms with Gasteiger partial charge in [-0.1, -0.05) is 36.4 Å². The summed E-state index contributed by atoms with van der Waals surface area (Å²) in [5.41, 5.74) is 0.785. The summed E-state index contributed by atoms with van der Waals surface area (Å²) in [6.45, 7) is 3.24. The SMILES string of the molecule is CC(C)OC(=O)CC(NC(=O)COc1cccc(F)c1)c1ccccc1. The van der Waals surface area contributed by atoms with Crippen molar-refractivity contribution in [3.05, 3.63) is 66.0 Å². The lowest BCUT2D eigenvalue weighted by Crippen LogP contribution is -2.34. The van der Waals surface area contributed by atoms with Gasteiger partial charge in [0.1, 0.15) is 11.6 Å². The zero-order valence-corrected chi connectivity index (χ0v) is 14.8. The van der Waals surface area contributed by atoms with E-state index in [1.165, 1.54) is 18.2 Å². The minimum absolute atomic E-state index is 0.00784. The molecule has 0 saturated carbocycles. The molecule has 2 aromatic carbocycles. The van der Waals surface area contributed by atoms with Crippen LogP contribution in [0.25, 0.3) is 0 Å². The number of carbonyl (C=O) groups excluding carboxylic acids is 2. The maximum Gasteiger partial charge on any atom is 0.308 e. The monoisotopic (exact) mass is 359 g/mol. The Labute approximate surface area is 152 Å². The van der Waals surface area contributed by atoms with E-state index in [0.717, 1.165) is 5.56 Å². The van der Waals surface area contributed by atoms with Crippen LogP contribution in [0.4, 0.5) is 4.39 Å². The molecule has 0 aliphatic heterocycles. The summed E-state index contributed by atoms with van der Waals surface area (Å²) in [6.07, 6.45) is -0.223. The Balaban J connectivity index is 1.98. The van der Waals surface area contributed by atoms with E-state index >= 15 is 0 Å². The van der Waals surface area contributed by atoms with Crippen LogP contribution in [-0.2, 0) is 14.3 Å². The first-order valence-electron chi connectivity index (χ1n) is 8.36. The largest absolute Gasteiger partial charge is 0.484 e. The predicted molar refractivity (Wildman–Crippen MR) is 95.1 cm³/mol. The molecule has 0 saturated heterocycles. The van der Waals surface area contributed by atoms with Crippen LogP contribution in [0.1, 0.15) is 31.9 Å². The lowest BCUT2D eigenvalue weighted by molar-refractivity contribution is -0.148. The Morgan fingerprint density at radius 2 is 1.81 bits per heavy atom. The van der Waals surface area contributed by atoms with E-state index in [2.05, 4.69) is 5.32 Å². The third kappa shape index (κ3) is 6.55. The van der Waals surface area contributed by atoms with E-state index < -0.39 is 23.7 Å². The van der Waals surface area contributed by atoms with Crippen molar-refractivity contribution in [1.82, 2.24) is 5.32 Å². The average Bonchev–Trinajstić information content (AvgIpc) is 2.59. The molecule has 1 N–H and O–H groups in total. The lowest BCUT2D eigenvalue weighted by atomic mass is 10.0. The molecule has 6 heteroatoms. The van der Waals surface area contributed by atoms with Crippen molar-refractivity contribution in [2.75, 3.05) is 6.61 Å². The second kappa shape index (κ2) is 9.56. The molecule has 5 nitrogen and oxygen atoms in total. The van der Waals surface area contributed by atoms with Crippen LogP contribution in [-0.4, -0.2) is 24.6 Å². The highest BCUT2D eigenvalue weighted by molar-refractivity contribution is 5.79. The van der Waals surface area contributed by atoms with E-state index in [-0.39, 0.29) is 24.9 Å². The van der Waals surface area contributed by atoms with Gasteiger partial charge in [-0.25, -0.2) is 4.39 Å². The number of hydrogen-bond acceptors (Lipinski definition) is 4. The third-order valence-electron chi connectivity index (χ3n) is 3.44. The Morgan fingerprint density at radius 1 is 1.08 bits per heavy atom. The van der Waals surface area contributed by atoms with Gasteiger partial charge in [0.25, 0.3) is 5.91 Å². The van der Waals surface area contributed by atoms with Gasteiger partial charge in [-0.05, 0) is 31.5 Å². The van der Waals surface area contributed by atoms with Crippen molar-refractivity contribution >= 4 is 11.9 Å². The van der Waals surface area contributed by atoms with Crippen LogP contribution < -0.4 is 10.1 Å². The molecule has 138 valence electrons. The highest BCUT2D eigenvalue weighted by atomic mass is 19.1. The molecular weight excluding hydrogens is 337 g/mol. The first-order chi connectivity index (χ1) is 12.4. The average molecular weight is 359 g/mol. The Morgan fingerprint density at radius 3 is 2.46 bits per heavy atom. The molecule has 1 atom stereocenters. The maximum atomic E-state index is 13.1. The highest BCUT2D eigenvalue weighted by Crippen LogP contribution is 2.18. The Hall–Kier alpha value is -2.89. The standard InChI is InChI=1S/C20H22FNO4/c1-14(2)26-20(24)12-18(15-7-4-3-5-8-15)22-19(23)13-25-17-10-6-9-16(21)11-17/h3-11,14,18H,12-13H2,1-2H3,(H,22,23). The number of halogens is 1. The fraction of sp³-hybridized carbons (Fsp3) is 0.300. The maximum absolute atomic E-state index is 13.1. The molecule has 26 heavy (non-hydrogen) atoms. The molecule has 0 heterocycles. The molecule has 0 aliphatic rings. The third-order valence-corrected chi connectivity index (χ3v) is 3.44. The summed E-state index contributed by atoms with van der Waals surface area (Å²) in [5.74, 6) is -1.00. The van der Waals surface area contributed by atoms with Gasteiger partial charge in [-0.3, -0.25) is 9.59 Å². The van der Waals surface area contributed by atoms with Crippen molar-refractivity contribution in [2.24, 2.45) is 0 Å². The van der Waals surface area contributed by atoms with Gasteiger partial charge in [0.15, 0.2) is 6.61 Å². The van der Waals surface area contributed by atoms with Crippen molar-refractivity contribution in [3.8, 4) is 5.75 Å². The van der Waals surface area contributed by atoms with Gasteiger partial charge in [-0.15, -0.1) is 0 Å². The minimum atomic E-state index is -0.536. The summed E-state index contributed by atoms with van der Waals surface area (Å²) in [5, 5.41) is 2.76. The number of amides is 1. The van der Waals surface area contributed by atoms with Gasteiger partial charge in [0.2, 0.25) is 0 Å². The van der Waals surface area contributed by atoms with Gasteiger partial charge in [0, 0.05) is 6.07 Å². The molecule has 0 spiro atoms. The quantitative estimate of drug-likeness (QED) is 0.734. The molecule has 1 amide bonds. The molecular formula is C20H22FNO4. The lowest BCUT2D eigenvalue weighted by Gasteiger charge is -2.19. The molecule has 0 radical (unpaired) electrons. The van der Waals surface area contributed by atoms with Gasteiger partial charge >= 0.3 is 5.97 Å². The van der Waals surface area contributed by atoms with Crippen LogP contribution in [0, 0.1) is 5.82 Å². The summed E-state index contributed by atoms with van der Waals surface area (Å²) < 4.78 is 23.6. The number of benzene rings is 2. The fourth-order valence-electron chi connectivity index (χ4n) is 2.36. The molecule has 0 aliphatic carbocycles. The molecule has 0 aromatic heterocycles. The number of esters is 1. The summed E-state index contributed by atoms with van der Waals surface area (Å²) >= 11 is 0. The number of nitrogens with one attached hydrogen (secondary N) is 1. The molecule has 1 unspecified atom stereocenters. The topological polar surface area (TPSA) is 64.6 Å². The van der Waals surface area contributed by atoms with Gasteiger partial charge in [-0.2, -0.15) is 0 Å². The predicted octanol–water partition coefficient (Wildman–Crippen LogP) is 3.40. The Bertz CT molecular complexity index is 734. The van der Waals surface area contributed by atoms with E-state index in [9.17, 15) is 14.0 Å². The normalized spacial score (nSPS) is 11.7. The van der Waals surface area contributed by atoms with E-state index in [1.807, 2.05) is 30.3 Å². The number of hydrogen-bond donors (Lipinski definition) is 1. The van der Waals surface area contributed by atoms with Crippen LogP contribution in [0.15, 0.2) is 54.6 Å². The summed E-state index contributed by atoms with van der Waals surface area (Å²) in [4.78, 5) is 24.2.